The van der Waals surface area contributed by atoms with E-state index in [1.54, 1.807) is 0 Å². The SMILES string of the molecule is O=C(O)C1CCC(=O)N1CCC1CCCO1. The van der Waals surface area contributed by atoms with Crippen LogP contribution in [0, 0.1) is 0 Å². The molecule has 0 saturated carbocycles. The highest BCUT2D eigenvalue weighted by Gasteiger charge is 2.36. The van der Waals surface area contributed by atoms with Crippen molar-refractivity contribution in [1.82, 2.24) is 4.90 Å². The molecule has 0 aliphatic carbocycles. The predicted molar refractivity (Wildman–Crippen MR) is 56.0 cm³/mol. The van der Waals surface area contributed by atoms with E-state index >= 15 is 0 Å². The van der Waals surface area contributed by atoms with E-state index in [0.29, 0.717) is 19.4 Å². The molecule has 0 bridgehead atoms. The lowest BCUT2D eigenvalue weighted by Crippen LogP contribution is -2.40. The van der Waals surface area contributed by atoms with Crippen molar-refractivity contribution in [2.45, 2.75) is 44.2 Å². The molecule has 0 radical (unpaired) electrons. The van der Waals surface area contributed by atoms with Gasteiger partial charge in [-0.25, -0.2) is 4.79 Å². The normalized spacial score (nSPS) is 30.0. The Morgan fingerprint density at radius 3 is 2.94 bits per heavy atom. The maximum absolute atomic E-state index is 11.5. The summed E-state index contributed by atoms with van der Waals surface area (Å²) in [5, 5.41) is 8.97. The molecule has 2 aliphatic rings. The third-order valence-electron chi connectivity index (χ3n) is 3.33. The maximum Gasteiger partial charge on any atom is 0.326 e. The second-order valence-electron chi connectivity index (χ2n) is 4.40. The largest absolute Gasteiger partial charge is 0.480 e. The Bertz CT molecular complexity index is 286. The Labute approximate surface area is 94.4 Å². The number of amides is 1. The summed E-state index contributed by atoms with van der Waals surface area (Å²) in [5.74, 6) is -0.927. The number of hydrogen-bond acceptors (Lipinski definition) is 3. The minimum Gasteiger partial charge on any atom is -0.480 e. The first-order chi connectivity index (χ1) is 7.68. The zero-order valence-electron chi connectivity index (χ0n) is 9.22. The van der Waals surface area contributed by atoms with Crippen molar-refractivity contribution >= 4 is 11.9 Å². The number of aliphatic carboxylic acids is 1. The summed E-state index contributed by atoms with van der Waals surface area (Å²) in [7, 11) is 0. The van der Waals surface area contributed by atoms with Gasteiger partial charge in [-0.05, 0) is 25.7 Å². The van der Waals surface area contributed by atoms with Gasteiger partial charge in [0, 0.05) is 19.6 Å². The molecule has 5 nitrogen and oxygen atoms in total. The quantitative estimate of drug-likeness (QED) is 0.765. The van der Waals surface area contributed by atoms with Crippen molar-refractivity contribution in [3.8, 4) is 0 Å². The molecule has 0 aromatic carbocycles. The van der Waals surface area contributed by atoms with Crippen LogP contribution in [0.15, 0.2) is 0 Å². The Hall–Kier alpha value is -1.10. The summed E-state index contributed by atoms with van der Waals surface area (Å²) >= 11 is 0. The average molecular weight is 227 g/mol. The fourth-order valence-electron chi connectivity index (χ4n) is 2.43. The second-order valence-corrected chi connectivity index (χ2v) is 4.40. The van der Waals surface area contributed by atoms with E-state index in [1.165, 1.54) is 4.90 Å². The zero-order valence-corrected chi connectivity index (χ0v) is 9.22. The Morgan fingerprint density at radius 2 is 2.31 bits per heavy atom. The third kappa shape index (κ3) is 2.35. The molecule has 2 aliphatic heterocycles. The van der Waals surface area contributed by atoms with E-state index in [9.17, 15) is 9.59 Å². The molecule has 2 fully saturated rings. The van der Waals surface area contributed by atoms with Crippen LogP contribution in [-0.4, -0.2) is 47.2 Å². The Morgan fingerprint density at radius 1 is 1.50 bits per heavy atom. The molecule has 16 heavy (non-hydrogen) atoms. The van der Waals surface area contributed by atoms with Crippen LogP contribution >= 0.6 is 0 Å². The highest BCUT2D eigenvalue weighted by molar-refractivity contribution is 5.87. The molecule has 5 heteroatoms. The van der Waals surface area contributed by atoms with Gasteiger partial charge in [0.05, 0.1) is 6.10 Å². The number of carboxylic acids is 1. The van der Waals surface area contributed by atoms with Gasteiger partial charge in [-0.1, -0.05) is 0 Å². The summed E-state index contributed by atoms with van der Waals surface area (Å²) in [6.07, 6.45) is 3.88. The molecule has 2 saturated heterocycles. The standard InChI is InChI=1S/C11H17NO4/c13-10-4-3-9(11(14)15)12(10)6-5-8-2-1-7-16-8/h8-9H,1-7H2,(H,14,15). The number of carbonyl (C=O) groups excluding carboxylic acids is 1. The molecule has 0 aromatic rings. The third-order valence-corrected chi connectivity index (χ3v) is 3.33. The van der Waals surface area contributed by atoms with Crippen molar-refractivity contribution in [1.29, 1.82) is 0 Å². The molecular formula is C11H17NO4. The lowest BCUT2D eigenvalue weighted by atomic mass is 10.1. The number of rotatable bonds is 4. The van der Waals surface area contributed by atoms with Gasteiger partial charge in [0.1, 0.15) is 6.04 Å². The van der Waals surface area contributed by atoms with E-state index in [2.05, 4.69) is 0 Å². The molecule has 1 amide bonds. The van der Waals surface area contributed by atoms with Crippen LogP contribution in [0.4, 0.5) is 0 Å². The summed E-state index contributed by atoms with van der Waals surface area (Å²) < 4.78 is 5.46. The van der Waals surface area contributed by atoms with Crippen molar-refractivity contribution in [3.63, 3.8) is 0 Å². The first-order valence-electron chi connectivity index (χ1n) is 5.82. The van der Waals surface area contributed by atoms with Crippen LogP contribution < -0.4 is 0 Å². The monoisotopic (exact) mass is 227 g/mol. The molecule has 0 aromatic heterocycles. The molecule has 1 N–H and O–H groups in total. The number of carboxylic acid groups (broad SMARTS) is 1. The lowest BCUT2D eigenvalue weighted by molar-refractivity contribution is -0.146. The van der Waals surface area contributed by atoms with Gasteiger partial charge >= 0.3 is 5.97 Å². The number of nitrogens with zero attached hydrogens (tertiary/aromatic N) is 1. The predicted octanol–water partition coefficient (Wildman–Crippen LogP) is 0.631. The maximum atomic E-state index is 11.5. The van der Waals surface area contributed by atoms with E-state index in [-0.39, 0.29) is 12.0 Å². The van der Waals surface area contributed by atoms with E-state index in [0.717, 1.165) is 25.9 Å². The van der Waals surface area contributed by atoms with Gasteiger partial charge in [0.25, 0.3) is 0 Å². The van der Waals surface area contributed by atoms with Gasteiger partial charge in [-0.15, -0.1) is 0 Å². The summed E-state index contributed by atoms with van der Waals surface area (Å²) in [6.45, 7) is 1.31. The Balaban J connectivity index is 1.85. The van der Waals surface area contributed by atoms with Crippen LogP contribution in [-0.2, 0) is 14.3 Å². The van der Waals surface area contributed by atoms with E-state index in [1.807, 2.05) is 0 Å². The van der Waals surface area contributed by atoms with Crippen LogP contribution in [0.2, 0.25) is 0 Å². The van der Waals surface area contributed by atoms with Crippen molar-refractivity contribution < 1.29 is 19.4 Å². The van der Waals surface area contributed by atoms with Gasteiger partial charge in [0.15, 0.2) is 0 Å². The van der Waals surface area contributed by atoms with Crippen molar-refractivity contribution in [2.24, 2.45) is 0 Å². The molecule has 2 rings (SSSR count). The van der Waals surface area contributed by atoms with Crippen LogP contribution in [0.5, 0.6) is 0 Å². The van der Waals surface area contributed by atoms with E-state index < -0.39 is 12.0 Å². The summed E-state index contributed by atoms with van der Waals surface area (Å²) in [5.41, 5.74) is 0. The number of carbonyl (C=O) groups is 2. The average Bonchev–Trinajstić information content (AvgIpc) is 2.84. The fraction of sp³-hybridized carbons (Fsp3) is 0.818. The van der Waals surface area contributed by atoms with Gasteiger partial charge in [-0.3, -0.25) is 4.79 Å². The molecule has 90 valence electrons. The van der Waals surface area contributed by atoms with E-state index in [4.69, 9.17) is 9.84 Å². The lowest BCUT2D eigenvalue weighted by Gasteiger charge is -2.22. The minimum absolute atomic E-state index is 0.0367. The zero-order chi connectivity index (χ0) is 11.5. The highest BCUT2D eigenvalue weighted by Crippen LogP contribution is 2.22. The molecule has 2 atom stereocenters. The van der Waals surface area contributed by atoms with Gasteiger partial charge in [-0.2, -0.15) is 0 Å². The molecule has 2 unspecified atom stereocenters. The molecular weight excluding hydrogens is 210 g/mol. The van der Waals surface area contributed by atoms with Crippen LogP contribution in [0.1, 0.15) is 32.1 Å². The molecule has 0 spiro atoms. The smallest absolute Gasteiger partial charge is 0.326 e. The van der Waals surface area contributed by atoms with Crippen LogP contribution in [0.3, 0.4) is 0 Å². The van der Waals surface area contributed by atoms with Crippen molar-refractivity contribution in [3.05, 3.63) is 0 Å². The van der Waals surface area contributed by atoms with Crippen LogP contribution in [0.25, 0.3) is 0 Å². The number of hydrogen-bond donors (Lipinski definition) is 1. The summed E-state index contributed by atoms with van der Waals surface area (Å²) in [4.78, 5) is 23.9. The first kappa shape index (κ1) is 11.4. The minimum atomic E-state index is -0.891. The van der Waals surface area contributed by atoms with Gasteiger partial charge in [0.2, 0.25) is 5.91 Å². The Kier molecular flexibility index (Phi) is 3.43. The topological polar surface area (TPSA) is 66.8 Å². The van der Waals surface area contributed by atoms with Crippen molar-refractivity contribution in [2.75, 3.05) is 13.2 Å². The highest BCUT2D eigenvalue weighted by atomic mass is 16.5. The fourth-order valence-corrected chi connectivity index (χ4v) is 2.43. The first-order valence-corrected chi connectivity index (χ1v) is 5.82. The summed E-state index contributed by atoms with van der Waals surface area (Å²) in [6, 6.07) is -0.617. The second kappa shape index (κ2) is 4.82. The van der Waals surface area contributed by atoms with Gasteiger partial charge < -0.3 is 14.7 Å². The number of likely N-dealkylation sites (tertiary alicyclic amines) is 1. The number of ether oxygens (including phenoxy) is 1. The molecule has 2 heterocycles.